The molecule has 122 valence electrons. The summed E-state index contributed by atoms with van der Waals surface area (Å²) in [6.45, 7) is -0.0738. The molecular weight excluding hydrogens is 300 g/mol. The molecule has 23 heavy (non-hydrogen) atoms. The number of nitrogens with two attached hydrogens (primary N) is 1. The number of anilines is 1. The number of alkyl carbamates (subject to hydrolysis) is 1. The standard InChI is InChI=1S/C15H18N4O4/c16-13-8-17-11(6-18-13)14(21)12(20)7-19-15(22)23-9-10-4-2-1-3-5-10/h1-6,8,12,14,20-21H,7,9H2,(H2,16,18)(H,19,22). The number of rotatable bonds is 6. The summed E-state index contributed by atoms with van der Waals surface area (Å²) in [4.78, 5) is 19.2. The lowest BCUT2D eigenvalue weighted by Crippen LogP contribution is -2.36. The van der Waals surface area contributed by atoms with Crippen LogP contribution in [0.4, 0.5) is 10.6 Å². The summed E-state index contributed by atoms with van der Waals surface area (Å²) < 4.78 is 4.99. The molecule has 8 heteroatoms. The van der Waals surface area contributed by atoms with Gasteiger partial charge in [-0.1, -0.05) is 30.3 Å². The van der Waals surface area contributed by atoms with E-state index in [1.807, 2.05) is 30.3 Å². The van der Waals surface area contributed by atoms with Crippen LogP contribution < -0.4 is 11.1 Å². The third-order valence-corrected chi connectivity index (χ3v) is 3.03. The molecule has 0 aliphatic carbocycles. The Hall–Kier alpha value is -2.71. The summed E-state index contributed by atoms with van der Waals surface area (Å²) in [7, 11) is 0. The first-order chi connectivity index (χ1) is 11.1. The molecule has 2 rings (SSSR count). The molecule has 0 radical (unpaired) electrons. The average molecular weight is 318 g/mol. The van der Waals surface area contributed by atoms with Crippen molar-refractivity contribution in [2.75, 3.05) is 12.3 Å². The first kappa shape index (κ1) is 16.7. The Morgan fingerprint density at radius 1 is 1.22 bits per heavy atom. The van der Waals surface area contributed by atoms with Gasteiger partial charge >= 0.3 is 6.09 Å². The quantitative estimate of drug-likeness (QED) is 0.605. The maximum atomic E-state index is 11.6. The Labute approximate surface area is 133 Å². The van der Waals surface area contributed by atoms with Gasteiger partial charge in [0.15, 0.2) is 0 Å². The summed E-state index contributed by atoms with van der Waals surface area (Å²) >= 11 is 0. The number of nitrogens with zero attached hydrogens (tertiary/aromatic N) is 2. The number of aromatic nitrogens is 2. The highest BCUT2D eigenvalue weighted by molar-refractivity contribution is 5.67. The highest BCUT2D eigenvalue weighted by atomic mass is 16.5. The summed E-state index contributed by atoms with van der Waals surface area (Å²) in [6, 6.07) is 9.19. The molecule has 2 atom stereocenters. The highest BCUT2D eigenvalue weighted by Gasteiger charge is 2.20. The normalized spacial score (nSPS) is 13.1. The zero-order valence-electron chi connectivity index (χ0n) is 12.3. The minimum absolute atomic E-state index is 0.120. The van der Waals surface area contributed by atoms with Gasteiger partial charge < -0.3 is 26.0 Å². The molecule has 0 fully saturated rings. The zero-order valence-corrected chi connectivity index (χ0v) is 12.3. The van der Waals surface area contributed by atoms with Crippen molar-refractivity contribution in [3.8, 4) is 0 Å². The molecular formula is C15H18N4O4. The summed E-state index contributed by atoms with van der Waals surface area (Å²) in [5, 5.41) is 22.1. The molecule has 5 N–H and O–H groups in total. The van der Waals surface area contributed by atoms with Gasteiger partial charge in [0, 0.05) is 6.54 Å². The van der Waals surface area contributed by atoms with Crippen LogP contribution in [0.15, 0.2) is 42.7 Å². The van der Waals surface area contributed by atoms with E-state index in [2.05, 4.69) is 15.3 Å². The van der Waals surface area contributed by atoms with Crippen molar-refractivity contribution in [1.29, 1.82) is 0 Å². The molecule has 1 heterocycles. The number of hydrogen-bond acceptors (Lipinski definition) is 7. The van der Waals surface area contributed by atoms with Crippen molar-refractivity contribution in [1.82, 2.24) is 15.3 Å². The van der Waals surface area contributed by atoms with Gasteiger partial charge in [-0.25, -0.2) is 9.78 Å². The van der Waals surface area contributed by atoms with Crippen molar-refractivity contribution in [2.24, 2.45) is 0 Å². The first-order valence-electron chi connectivity index (χ1n) is 6.94. The predicted molar refractivity (Wildman–Crippen MR) is 82.0 cm³/mol. The SMILES string of the molecule is Nc1cnc(C(O)C(O)CNC(=O)OCc2ccccc2)cn1. The van der Waals surface area contributed by atoms with E-state index >= 15 is 0 Å². The van der Waals surface area contributed by atoms with Crippen LogP contribution in [-0.4, -0.2) is 38.9 Å². The number of benzene rings is 1. The number of nitrogens with one attached hydrogen (secondary N) is 1. The second-order valence-electron chi connectivity index (χ2n) is 4.82. The van der Waals surface area contributed by atoms with E-state index in [9.17, 15) is 15.0 Å². The van der Waals surface area contributed by atoms with Gasteiger partial charge in [0.1, 0.15) is 24.6 Å². The maximum Gasteiger partial charge on any atom is 0.407 e. The Balaban J connectivity index is 1.75. The molecule has 0 saturated heterocycles. The average Bonchev–Trinajstić information content (AvgIpc) is 2.58. The second kappa shape index (κ2) is 8.06. The van der Waals surface area contributed by atoms with Crippen molar-refractivity contribution in [3.05, 3.63) is 54.0 Å². The number of aliphatic hydroxyl groups excluding tert-OH is 2. The van der Waals surface area contributed by atoms with Gasteiger partial charge in [0.25, 0.3) is 0 Å². The molecule has 0 bridgehead atoms. The van der Waals surface area contributed by atoms with E-state index in [4.69, 9.17) is 10.5 Å². The summed E-state index contributed by atoms with van der Waals surface area (Å²) in [5.41, 5.74) is 6.40. The van der Waals surface area contributed by atoms with Gasteiger partial charge in [0.05, 0.1) is 18.1 Å². The lowest BCUT2D eigenvalue weighted by molar-refractivity contribution is 0.0157. The van der Waals surface area contributed by atoms with Crippen LogP contribution in [0, 0.1) is 0 Å². The monoisotopic (exact) mass is 318 g/mol. The molecule has 1 amide bonds. The topological polar surface area (TPSA) is 131 Å². The molecule has 1 aromatic heterocycles. The largest absolute Gasteiger partial charge is 0.445 e. The van der Waals surface area contributed by atoms with Crippen LogP contribution in [0.25, 0.3) is 0 Å². The first-order valence-corrected chi connectivity index (χ1v) is 6.94. The molecule has 0 aliphatic rings. The van der Waals surface area contributed by atoms with Gasteiger partial charge in [-0.15, -0.1) is 0 Å². The lowest BCUT2D eigenvalue weighted by atomic mass is 10.1. The number of aliphatic hydroxyl groups is 2. The molecule has 0 saturated carbocycles. The third-order valence-electron chi connectivity index (χ3n) is 3.03. The lowest BCUT2D eigenvalue weighted by Gasteiger charge is -2.17. The van der Waals surface area contributed by atoms with Gasteiger partial charge in [0.2, 0.25) is 0 Å². The second-order valence-corrected chi connectivity index (χ2v) is 4.82. The van der Waals surface area contributed by atoms with Gasteiger partial charge in [-0.3, -0.25) is 4.98 Å². The number of hydrogen-bond donors (Lipinski definition) is 4. The minimum Gasteiger partial charge on any atom is -0.445 e. The van der Waals surface area contributed by atoms with Crippen molar-refractivity contribution >= 4 is 11.9 Å². The zero-order chi connectivity index (χ0) is 16.7. The number of carbonyl (C=O) groups is 1. The van der Waals surface area contributed by atoms with Gasteiger partial charge in [-0.05, 0) is 5.56 Å². The third kappa shape index (κ3) is 5.20. The van der Waals surface area contributed by atoms with Crippen LogP contribution in [-0.2, 0) is 11.3 Å². The number of amides is 1. The van der Waals surface area contributed by atoms with E-state index in [0.717, 1.165) is 5.56 Å². The molecule has 2 unspecified atom stereocenters. The fraction of sp³-hybridized carbons (Fsp3) is 0.267. The van der Waals surface area contributed by atoms with Crippen LogP contribution in [0.3, 0.4) is 0 Å². The Morgan fingerprint density at radius 3 is 2.61 bits per heavy atom. The minimum atomic E-state index is -1.29. The number of ether oxygens (including phenoxy) is 1. The van der Waals surface area contributed by atoms with Crippen LogP contribution in [0.1, 0.15) is 17.4 Å². The maximum absolute atomic E-state index is 11.6. The van der Waals surface area contributed by atoms with Crippen LogP contribution in [0.5, 0.6) is 0 Å². The van der Waals surface area contributed by atoms with Gasteiger partial charge in [-0.2, -0.15) is 0 Å². The predicted octanol–water partition coefficient (Wildman–Crippen LogP) is 0.379. The van der Waals surface area contributed by atoms with Crippen LogP contribution >= 0.6 is 0 Å². The van der Waals surface area contributed by atoms with E-state index in [1.54, 1.807) is 0 Å². The number of nitrogen functional groups attached to an aromatic ring is 1. The molecule has 1 aromatic carbocycles. The number of carbonyl (C=O) groups excluding carboxylic acids is 1. The van der Waals surface area contributed by atoms with Crippen molar-refractivity contribution in [3.63, 3.8) is 0 Å². The Bertz CT molecular complexity index is 621. The summed E-state index contributed by atoms with van der Waals surface area (Å²) in [5.74, 6) is 0.207. The van der Waals surface area contributed by atoms with Crippen molar-refractivity contribution < 1.29 is 19.7 Å². The van der Waals surface area contributed by atoms with E-state index in [1.165, 1.54) is 12.4 Å². The van der Waals surface area contributed by atoms with E-state index < -0.39 is 18.3 Å². The van der Waals surface area contributed by atoms with E-state index in [0.29, 0.717) is 0 Å². The van der Waals surface area contributed by atoms with Crippen molar-refractivity contribution in [2.45, 2.75) is 18.8 Å². The Kier molecular flexibility index (Phi) is 5.84. The summed E-state index contributed by atoms with van der Waals surface area (Å²) in [6.07, 6.45) is -0.706. The van der Waals surface area contributed by atoms with E-state index in [-0.39, 0.29) is 24.7 Å². The Morgan fingerprint density at radius 2 is 1.96 bits per heavy atom. The molecule has 2 aromatic rings. The van der Waals surface area contributed by atoms with Crippen LogP contribution in [0.2, 0.25) is 0 Å². The fourth-order valence-electron chi connectivity index (χ4n) is 1.77. The molecule has 0 spiro atoms. The fourth-order valence-corrected chi connectivity index (χ4v) is 1.77. The molecule has 8 nitrogen and oxygen atoms in total. The molecule has 0 aliphatic heterocycles. The highest BCUT2D eigenvalue weighted by Crippen LogP contribution is 2.13. The smallest absolute Gasteiger partial charge is 0.407 e.